The summed E-state index contributed by atoms with van der Waals surface area (Å²) in [6.07, 6.45) is 8.89. The maximum atomic E-state index is 6.16. The third-order valence-electron chi connectivity index (χ3n) is 6.21. The summed E-state index contributed by atoms with van der Waals surface area (Å²) < 4.78 is 13.3. The molecule has 0 saturated carbocycles. The standard InChI is InChI=1S/C28H31N5O2S/c1-19-14-20(6-8-25(19)35-22-7-9-26-24(16-22)30-18-36-26)32-27-23-15-21(34-13-5-12-33(3)4)10-11-28(23,2)31-17-29-27/h6-11,14-18,32H,5,12-13H2,1-4H3,(H,29,31). The van der Waals surface area contributed by atoms with Gasteiger partial charge in [0.25, 0.3) is 0 Å². The molecular weight excluding hydrogens is 470 g/mol. The number of rotatable bonds is 9. The molecule has 8 heteroatoms. The number of fused-ring (bicyclic) bond motifs is 2. The van der Waals surface area contributed by atoms with Crippen LogP contribution in [-0.2, 0) is 4.74 Å². The van der Waals surface area contributed by atoms with Crippen LogP contribution in [0.1, 0.15) is 18.9 Å². The fraction of sp³-hybridized carbons (Fsp3) is 0.286. The van der Waals surface area contributed by atoms with Crippen LogP contribution >= 0.6 is 11.3 Å². The van der Waals surface area contributed by atoms with Crippen LogP contribution in [0, 0.1) is 6.92 Å². The van der Waals surface area contributed by atoms with E-state index in [4.69, 9.17) is 9.47 Å². The van der Waals surface area contributed by atoms with Crippen LogP contribution in [0.25, 0.3) is 10.2 Å². The van der Waals surface area contributed by atoms with Gasteiger partial charge in [0.05, 0.1) is 28.7 Å². The van der Waals surface area contributed by atoms with Crippen LogP contribution in [0.5, 0.6) is 11.5 Å². The van der Waals surface area contributed by atoms with Gasteiger partial charge in [-0.1, -0.05) is 0 Å². The van der Waals surface area contributed by atoms with Gasteiger partial charge in [-0.25, -0.2) is 4.98 Å². The predicted molar refractivity (Wildman–Crippen MR) is 148 cm³/mol. The number of benzene rings is 2. The molecule has 1 aliphatic heterocycles. The van der Waals surface area contributed by atoms with Crippen molar-refractivity contribution in [3.05, 3.63) is 82.9 Å². The molecule has 0 fully saturated rings. The minimum absolute atomic E-state index is 0.448. The van der Waals surface area contributed by atoms with Gasteiger partial charge in [-0.15, -0.1) is 11.3 Å². The smallest absolute Gasteiger partial charge is 0.130 e. The summed E-state index contributed by atoms with van der Waals surface area (Å²) in [7, 11) is 4.14. The maximum Gasteiger partial charge on any atom is 0.130 e. The third kappa shape index (κ3) is 5.29. The lowest BCUT2D eigenvalue weighted by atomic mass is 9.87. The van der Waals surface area contributed by atoms with E-state index in [2.05, 4.69) is 64.7 Å². The Morgan fingerprint density at radius 2 is 2.06 bits per heavy atom. The molecule has 2 N–H and O–H groups in total. The first-order valence-electron chi connectivity index (χ1n) is 12.0. The number of allylic oxidation sites excluding steroid dienone is 1. The molecule has 0 amide bonds. The number of aromatic nitrogens is 1. The molecule has 0 bridgehead atoms. The highest BCUT2D eigenvalue weighted by Crippen LogP contribution is 2.35. The van der Waals surface area contributed by atoms with Crippen molar-refractivity contribution in [2.24, 2.45) is 4.99 Å². The first kappa shape index (κ1) is 24.1. The van der Waals surface area contributed by atoms with Gasteiger partial charge in [0.1, 0.15) is 28.6 Å². The van der Waals surface area contributed by atoms with Crippen molar-refractivity contribution < 1.29 is 9.47 Å². The molecule has 36 heavy (non-hydrogen) atoms. The van der Waals surface area contributed by atoms with Crippen molar-refractivity contribution in [3.8, 4) is 11.5 Å². The van der Waals surface area contributed by atoms with Crippen LogP contribution < -0.4 is 15.4 Å². The van der Waals surface area contributed by atoms with Crippen molar-refractivity contribution in [3.63, 3.8) is 0 Å². The summed E-state index contributed by atoms with van der Waals surface area (Å²) in [4.78, 5) is 11.2. The Morgan fingerprint density at radius 1 is 1.17 bits per heavy atom. The molecule has 1 aliphatic carbocycles. The lowest BCUT2D eigenvalue weighted by molar-refractivity contribution is 0.205. The zero-order valence-corrected chi connectivity index (χ0v) is 21.9. The molecule has 1 unspecified atom stereocenters. The quantitative estimate of drug-likeness (QED) is 0.359. The van der Waals surface area contributed by atoms with E-state index >= 15 is 0 Å². The Bertz CT molecular complexity index is 1390. The molecule has 5 rings (SSSR count). The number of aryl methyl sites for hydroxylation is 1. The van der Waals surface area contributed by atoms with E-state index in [1.165, 1.54) is 0 Å². The van der Waals surface area contributed by atoms with Crippen molar-refractivity contribution in [2.45, 2.75) is 25.8 Å². The van der Waals surface area contributed by atoms with Gasteiger partial charge < -0.3 is 25.0 Å². The van der Waals surface area contributed by atoms with E-state index in [0.29, 0.717) is 6.61 Å². The molecule has 2 heterocycles. The van der Waals surface area contributed by atoms with E-state index in [0.717, 1.165) is 63.1 Å². The first-order valence-corrected chi connectivity index (χ1v) is 12.9. The summed E-state index contributed by atoms with van der Waals surface area (Å²) in [5, 5.41) is 6.82. The number of thiazole rings is 1. The summed E-state index contributed by atoms with van der Waals surface area (Å²) in [6.45, 7) is 5.81. The van der Waals surface area contributed by atoms with E-state index in [-0.39, 0.29) is 0 Å². The van der Waals surface area contributed by atoms with Gasteiger partial charge in [-0.05, 0) is 88.5 Å². The zero-order valence-electron chi connectivity index (χ0n) is 21.0. The van der Waals surface area contributed by atoms with E-state index in [1.54, 1.807) is 17.7 Å². The minimum Gasteiger partial charge on any atom is -0.494 e. The number of hydrogen-bond donors (Lipinski definition) is 2. The number of hydrogen-bond acceptors (Lipinski definition) is 8. The van der Waals surface area contributed by atoms with Crippen molar-refractivity contribution in [1.82, 2.24) is 15.2 Å². The SMILES string of the molecule is Cc1cc(NC2=C3C=C(OCCCN(C)C)C=CC3(C)N=CN2)ccc1Oc1ccc2scnc2c1. The largest absolute Gasteiger partial charge is 0.494 e. The van der Waals surface area contributed by atoms with E-state index in [1.807, 2.05) is 48.8 Å². The second-order valence-corrected chi connectivity index (χ2v) is 10.3. The average molecular weight is 502 g/mol. The van der Waals surface area contributed by atoms with Gasteiger partial charge in [0.2, 0.25) is 0 Å². The van der Waals surface area contributed by atoms with Crippen LogP contribution in [-0.4, -0.2) is 49.0 Å². The van der Waals surface area contributed by atoms with Crippen LogP contribution in [0.15, 0.2) is 82.3 Å². The molecule has 186 valence electrons. The number of anilines is 1. The van der Waals surface area contributed by atoms with Crippen molar-refractivity contribution in [2.75, 3.05) is 32.6 Å². The Morgan fingerprint density at radius 3 is 2.89 bits per heavy atom. The van der Waals surface area contributed by atoms with E-state index in [9.17, 15) is 0 Å². The Kier molecular flexibility index (Phi) is 6.80. The second-order valence-electron chi connectivity index (χ2n) is 9.41. The number of nitrogens with one attached hydrogen (secondary N) is 2. The molecule has 2 aliphatic rings. The molecule has 7 nitrogen and oxygen atoms in total. The van der Waals surface area contributed by atoms with Gasteiger partial charge in [-0.3, -0.25) is 4.99 Å². The van der Waals surface area contributed by atoms with Crippen LogP contribution in [0.3, 0.4) is 0 Å². The predicted octanol–water partition coefficient (Wildman–Crippen LogP) is 5.83. The number of aliphatic imine (C=N–C) groups is 1. The van der Waals surface area contributed by atoms with Crippen molar-refractivity contribution >= 4 is 33.6 Å². The highest BCUT2D eigenvalue weighted by Gasteiger charge is 2.32. The monoisotopic (exact) mass is 501 g/mol. The lowest BCUT2D eigenvalue weighted by Crippen LogP contribution is -2.36. The highest BCUT2D eigenvalue weighted by molar-refractivity contribution is 7.16. The van der Waals surface area contributed by atoms with E-state index < -0.39 is 5.54 Å². The second kappa shape index (κ2) is 10.2. The molecule has 0 radical (unpaired) electrons. The van der Waals surface area contributed by atoms with Gasteiger partial charge in [-0.2, -0.15) is 0 Å². The lowest BCUT2D eigenvalue weighted by Gasteiger charge is -2.32. The topological polar surface area (TPSA) is 71.0 Å². The van der Waals surface area contributed by atoms with Gasteiger partial charge in [0.15, 0.2) is 0 Å². The molecule has 1 atom stereocenters. The van der Waals surface area contributed by atoms with Crippen molar-refractivity contribution in [1.29, 1.82) is 0 Å². The van der Waals surface area contributed by atoms with Crippen LogP contribution in [0.4, 0.5) is 5.69 Å². The molecule has 0 spiro atoms. The fourth-order valence-electron chi connectivity index (χ4n) is 4.20. The van der Waals surface area contributed by atoms with Gasteiger partial charge >= 0.3 is 0 Å². The Hall–Kier alpha value is -3.62. The molecule has 3 aromatic rings. The normalized spacial score (nSPS) is 18.8. The third-order valence-corrected chi connectivity index (χ3v) is 7.02. The molecular formula is C28H31N5O2S. The molecule has 1 aromatic heterocycles. The minimum atomic E-state index is -0.448. The van der Waals surface area contributed by atoms with Gasteiger partial charge in [0, 0.05) is 23.9 Å². The average Bonchev–Trinajstić information content (AvgIpc) is 3.32. The Balaban J connectivity index is 1.32. The highest BCUT2D eigenvalue weighted by atomic mass is 32.1. The summed E-state index contributed by atoms with van der Waals surface area (Å²) >= 11 is 1.62. The summed E-state index contributed by atoms with van der Waals surface area (Å²) in [5.74, 6) is 3.31. The fourth-order valence-corrected chi connectivity index (χ4v) is 4.85. The summed E-state index contributed by atoms with van der Waals surface area (Å²) in [6, 6.07) is 12.1. The Labute approximate surface area is 215 Å². The summed E-state index contributed by atoms with van der Waals surface area (Å²) in [5.41, 5.74) is 5.37. The number of ether oxygens (including phenoxy) is 2. The first-order chi connectivity index (χ1) is 17.4. The molecule has 2 aromatic carbocycles. The molecule has 0 saturated heterocycles. The maximum absolute atomic E-state index is 6.16. The zero-order chi connectivity index (χ0) is 25.1. The van der Waals surface area contributed by atoms with Crippen LogP contribution in [0.2, 0.25) is 0 Å². The number of nitrogens with zero attached hydrogens (tertiary/aromatic N) is 3.